The van der Waals surface area contributed by atoms with Gasteiger partial charge in [0, 0.05) is 0 Å². The van der Waals surface area contributed by atoms with Gasteiger partial charge in [-0.05, 0) is 6.08 Å². The van der Waals surface area contributed by atoms with Gasteiger partial charge in [-0.1, -0.05) is 6.08 Å². The molecular weight excluding hydrogens is 187 g/mol. The first-order valence-corrected chi connectivity index (χ1v) is 4.49. The quantitative estimate of drug-likeness (QED) is 0.302. The van der Waals surface area contributed by atoms with E-state index >= 15 is 0 Å². The monoisotopic (exact) mass is 196 g/mol. The molecule has 0 amide bonds. The lowest BCUT2D eigenvalue weighted by molar-refractivity contribution is -0.104. The van der Waals surface area contributed by atoms with Crippen LogP contribution in [0.4, 0.5) is 0 Å². The third kappa shape index (κ3) is 7.59. The molecule has 70 valence electrons. The number of allylic oxidation sites excluding steroid dienone is 1. The van der Waals surface area contributed by atoms with Crippen LogP contribution in [0.15, 0.2) is 12.2 Å². The molecule has 0 aliphatic carbocycles. The van der Waals surface area contributed by atoms with Gasteiger partial charge in [0.05, 0.1) is 12.7 Å². The summed E-state index contributed by atoms with van der Waals surface area (Å²) in [5.41, 5.74) is 0. The number of phosphoric ester groups is 1. The number of hydrogen-bond donors (Lipinski definition) is 3. The van der Waals surface area contributed by atoms with E-state index in [0.717, 1.165) is 12.2 Å². The molecule has 3 N–H and O–H groups in total. The fourth-order valence-corrected chi connectivity index (χ4v) is 0.750. The molecular formula is C5H9O6P. The number of aliphatic hydroxyl groups excluding tert-OH is 1. The fourth-order valence-electron chi connectivity index (χ4n) is 0.403. The maximum Gasteiger partial charge on any atom is 0.469 e. The van der Waals surface area contributed by atoms with Gasteiger partial charge in [-0.2, -0.15) is 0 Å². The second kappa shape index (κ2) is 5.18. The molecule has 0 saturated carbocycles. The molecule has 0 saturated heterocycles. The zero-order valence-corrected chi connectivity index (χ0v) is 6.92. The Morgan fingerprint density at radius 2 is 2.08 bits per heavy atom. The Morgan fingerprint density at radius 3 is 2.50 bits per heavy atom. The van der Waals surface area contributed by atoms with Crippen molar-refractivity contribution >= 4 is 14.1 Å². The van der Waals surface area contributed by atoms with Crippen molar-refractivity contribution in [2.45, 2.75) is 6.10 Å². The third-order valence-electron chi connectivity index (χ3n) is 0.825. The van der Waals surface area contributed by atoms with Crippen LogP contribution in [0.1, 0.15) is 0 Å². The Labute approximate surface area is 68.7 Å². The van der Waals surface area contributed by atoms with Crippen LogP contribution in [-0.2, 0) is 13.9 Å². The van der Waals surface area contributed by atoms with Gasteiger partial charge in [-0.15, -0.1) is 0 Å². The fraction of sp³-hybridized carbons (Fsp3) is 0.400. The Hall–Kier alpha value is -0.520. The Morgan fingerprint density at radius 1 is 1.50 bits per heavy atom. The topological polar surface area (TPSA) is 104 Å². The molecule has 0 aromatic carbocycles. The van der Waals surface area contributed by atoms with Crippen LogP contribution in [0.3, 0.4) is 0 Å². The Kier molecular flexibility index (Phi) is 4.96. The van der Waals surface area contributed by atoms with Crippen LogP contribution < -0.4 is 0 Å². The minimum absolute atomic E-state index is 0.431. The van der Waals surface area contributed by atoms with E-state index in [1.807, 2.05) is 0 Å². The maximum atomic E-state index is 10.1. The number of rotatable bonds is 5. The summed E-state index contributed by atoms with van der Waals surface area (Å²) in [4.78, 5) is 26.1. The number of carbonyl (C=O) groups is 1. The van der Waals surface area contributed by atoms with Gasteiger partial charge in [0.2, 0.25) is 0 Å². The first kappa shape index (κ1) is 11.5. The van der Waals surface area contributed by atoms with Crippen molar-refractivity contribution in [2.24, 2.45) is 0 Å². The molecule has 0 fully saturated rings. The van der Waals surface area contributed by atoms with Gasteiger partial charge < -0.3 is 14.9 Å². The summed E-state index contributed by atoms with van der Waals surface area (Å²) in [7, 11) is -4.53. The van der Waals surface area contributed by atoms with Gasteiger partial charge in [0.15, 0.2) is 0 Å². The summed E-state index contributed by atoms with van der Waals surface area (Å²) in [6, 6.07) is 0. The van der Waals surface area contributed by atoms with Crippen LogP contribution in [0.5, 0.6) is 0 Å². The standard InChI is InChI=1S/C5H9O6P/c6-3-1-2-5(7)4-11-12(8,9)10/h1-3,5,7H,4H2,(H2,8,9,10)/b2-1+/t5-/m0/s1. The highest BCUT2D eigenvalue weighted by Crippen LogP contribution is 2.35. The first-order valence-electron chi connectivity index (χ1n) is 2.96. The van der Waals surface area contributed by atoms with Crippen molar-refractivity contribution in [3.05, 3.63) is 12.2 Å². The van der Waals surface area contributed by atoms with Gasteiger partial charge in [-0.3, -0.25) is 9.32 Å². The molecule has 0 radical (unpaired) electrons. The maximum absolute atomic E-state index is 10.1. The summed E-state index contributed by atoms with van der Waals surface area (Å²) in [6.45, 7) is -0.547. The Balaban J connectivity index is 3.71. The second-order valence-corrected chi connectivity index (χ2v) is 3.11. The zero-order valence-electron chi connectivity index (χ0n) is 6.03. The van der Waals surface area contributed by atoms with Crippen molar-refractivity contribution in [1.82, 2.24) is 0 Å². The van der Waals surface area contributed by atoms with E-state index in [1.165, 1.54) is 0 Å². The first-order chi connectivity index (χ1) is 5.45. The average molecular weight is 196 g/mol. The van der Waals surface area contributed by atoms with Gasteiger partial charge >= 0.3 is 7.82 Å². The van der Waals surface area contributed by atoms with Gasteiger partial charge in [0.25, 0.3) is 0 Å². The predicted molar refractivity (Wildman–Crippen MR) is 39.2 cm³/mol. The third-order valence-corrected chi connectivity index (χ3v) is 1.31. The van der Waals surface area contributed by atoms with Gasteiger partial charge in [0.1, 0.15) is 6.29 Å². The van der Waals surface area contributed by atoms with Crippen molar-refractivity contribution in [3.63, 3.8) is 0 Å². The number of hydrogen-bond acceptors (Lipinski definition) is 4. The summed E-state index contributed by atoms with van der Waals surface area (Å²) in [5, 5.41) is 8.83. The Bertz CT molecular complexity index is 206. The van der Waals surface area contributed by atoms with Crippen molar-refractivity contribution < 1.29 is 28.8 Å². The van der Waals surface area contributed by atoms with E-state index < -0.39 is 20.5 Å². The summed E-state index contributed by atoms with van der Waals surface area (Å²) in [6.07, 6.45) is 1.31. The van der Waals surface area contributed by atoms with E-state index in [-0.39, 0.29) is 0 Å². The van der Waals surface area contributed by atoms with Gasteiger partial charge in [-0.25, -0.2) is 4.57 Å². The van der Waals surface area contributed by atoms with Crippen LogP contribution in [0.2, 0.25) is 0 Å². The summed E-state index contributed by atoms with van der Waals surface area (Å²) < 4.78 is 14.0. The van der Waals surface area contributed by atoms with E-state index in [1.54, 1.807) is 0 Å². The lowest BCUT2D eigenvalue weighted by atomic mass is 10.3. The molecule has 0 rings (SSSR count). The molecule has 7 heteroatoms. The summed E-state index contributed by atoms with van der Waals surface area (Å²) >= 11 is 0. The molecule has 0 heterocycles. The van der Waals surface area contributed by atoms with Crippen molar-refractivity contribution in [1.29, 1.82) is 0 Å². The molecule has 0 spiro atoms. The average Bonchev–Trinajstić information content (AvgIpc) is 1.95. The number of aldehydes is 1. The zero-order chi connectivity index (χ0) is 9.61. The second-order valence-electron chi connectivity index (χ2n) is 1.87. The normalized spacial score (nSPS) is 14.9. The number of phosphoric acid groups is 1. The SMILES string of the molecule is O=C/C=C/[C@H](O)COP(=O)(O)O. The van der Waals surface area contributed by atoms with Crippen molar-refractivity contribution in [2.75, 3.05) is 6.61 Å². The molecule has 0 aromatic heterocycles. The molecule has 0 aromatic rings. The highest BCUT2D eigenvalue weighted by molar-refractivity contribution is 7.46. The molecule has 0 aliphatic heterocycles. The highest BCUT2D eigenvalue weighted by Gasteiger charge is 2.15. The molecule has 0 aliphatic rings. The summed E-state index contributed by atoms with van der Waals surface area (Å²) in [5.74, 6) is 0. The minimum atomic E-state index is -4.53. The molecule has 6 nitrogen and oxygen atoms in total. The van der Waals surface area contributed by atoms with E-state index in [2.05, 4.69) is 4.52 Å². The largest absolute Gasteiger partial charge is 0.469 e. The molecule has 1 atom stereocenters. The minimum Gasteiger partial charge on any atom is -0.387 e. The highest BCUT2D eigenvalue weighted by atomic mass is 31.2. The lowest BCUT2D eigenvalue weighted by Crippen LogP contribution is -2.10. The van der Waals surface area contributed by atoms with E-state index in [9.17, 15) is 9.36 Å². The van der Waals surface area contributed by atoms with E-state index in [4.69, 9.17) is 14.9 Å². The molecule has 12 heavy (non-hydrogen) atoms. The lowest BCUT2D eigenvalue weighted by Gasteiger charge is -2.06. The van der Waals surface area contributed by atoms with Crippen LogP contribution in [-0.4, -0.2) is 33.9 Å². The van der Waals surface area contributed by atoms with Crippen molar-refractivity contribution in [3.8, 4) is 0 Å². The van der Waals surface area contributed by atoms with Crippen LogP contribution in [0, 0.1) is 0 Å². The van der Waals surface area contributed by atoms with Crippen LogP contribution >= 0.6 is 7.82 Å². The number of aliphatic hydroxyl groups is 1. The van der Waals surface area contributed by atoms with Crippen LogP contribution in [0.25, 0.3) is 0 Å². The molecule has 0 bridgehead atoms. The molecule has 0 unspecified atom stereocenters. The predicted octanol–water partition coefficient (Wildman–Crippen LogP) is -0.788. The number of carbonyl (C=O) groups excluding carboxylic acids is 1. The van der Waals surface area contributed by atoms with E-state index in [0.29, 0.717) is 6.29 Å². The smallest absolute Gasteiger partial charge is 0.387 e.